The second-order valence-electron chi connectivity index (χ2n) is 4.70. The van der Waals surface area contributed by atoms with Gasteiger partial charge in [0.2, 0.25) is 5.91 Å². The molecule has 1 aromatic rings. The van der Waals surface area contributed by atoms with Crippen LogP contribution in [0.25, 0.3) is 0 Å². The summed E-state index contributed by atoms with van der Waals surface area (Å²) in [6, 6.07) is 9.27. The van der Waals surface area contributed by atoms with Crippen LogP contribution in [0, 0.1) is 11.3 Å². The van der Waals surface area contributed by atoms with Gasteiger partial charge in [-0.25, -0.2) is 0 Å². The van der Waals surface area contributed by atoms with E-state index in [0.717, 1.165) is 5.56 Å². The van der Waals surface area contributed by atoms with Gasteiger partial charge in [0.15, 0.2) is 0 Å². The van der Waals surface area contributed by atoms with E-state index in [2.05, 4.69) is 11.4 Å². The van der Waals surface area contributed by atoms with Crippen LogP contribution in [0.2, 0.25) is 0 Å². The number of halogens is 1. The van der Waals surface area contributed by atoms with Gasteiger partial charge >= 0.3 is 0 Å². The molecule has 0 radical (unpaired) electrons. The smallest absolute Gasteiger partial charge is 0.221 e. The number of nitrogens with two attached hydrogens (primary N) is 1. The normalized spacial score (nSPS) is 11.3. The Morgan fingerprint density at radius 3 is 2.42 bits per heavy atom. The Balaban J connectivity index is 0.00000324. The molecule has 19 heavy (non-hydrogen) atoms. The van der Waals surface area contributed by atoms with Gasteiger partial charge in [0.1, 0.15) is 0 Å². The number of rotatable bonds is 5. The second-order valence-corrected chi connectivity index (χ2v) is 4.70. The standard InChI is InChI=1S/C14H19N3O.ClH/c1-10(2)17-14(18)8-13(16)7-11-3-5-12(9-15)6-4-11;/h3-6,10,13H,7-8,16H2,1-2H3,(H,17,18);1H/t13-;/m1./s1. The fourth-order valence-electron chi connectivity index (χ4n) is 1.71. The van der Waals surface area contributed by atoms with Crippen molar-refractivity contribution in [3.8, 4) is 6.07 Å². The highest BCUT2D eigenvalue weighted by Crippen LogP contribution is 2.07. The monoisotopic (exact) mass is 281 g/mol. The van der Waals surface area contributed by atoms with E-state index >= 15 is 0 Å². The summed E-state index contributed by atoms with van der Waals surface area (Å²) in [5.41, 5.74) is 7.60. The Kier molecular flexibility index (Phi) is 7.81. The van der Waals surface area contributed by atoms with Gasteiger partial charge in [-0.3, -0.25) is 4.79 Å². The number of carbonyl (C=O) groups is 1. The van der Waals surface area contributed by atoms with E-state index < -0.39 is 0 Å². The summed E-state index contributed by atoms with van der Waals surface area (Å²) >= 11 is 0. The lowest BCUT2D eigenvalue weighted by molar-refractivity contribution is -0.121. The van der Waals surface area contributed by atoms with Crippen molar-refractivity contribution in [2.75, 3.05) is 0 Å². The van der Waals surface area contributed by atoms with E-state index in [1.54, 1.807) is 12.1 Å². The molecule has 0 heterocycles. The average molecular weight is 282 g/mol. The molecule has 104 valence electrons. The fraction of sp³-hybridized carbons (Fsp3) is 0.429. The lowest BCUT2D eigenvalue weighted by Crippen LogP contribution is -2.36. The van der Waals surface area contributed by atoms with Crippen LogP contribution >= 0.6 is 12.4 Å². The molecule has 0 aliphatic heterocycles. The number of hydrogen-bond acceptors (Lipinski definition) is 3. The first kappa shape index (κ1) is 17.4. The minimum Gasteiger partial charge on any atom is -0.354 e. The molecule has 0 spiro atoms. The SMILES string of the molecule is CC(C)NC(=O)C[C@H](N)Cc1ccc(C#N)cc1.Cl. The first-order valence-corrected chi connectivity index (χ1v) is 6.05. The minimum atomic E-state index is -0.198. The quantitative estimate of drug-likeness (QED) is 0.863. The molecule has 0 saturated heterocycles. The molecule has 0 aliphatic rings. The molecule has 5 heteroatoms. The van der Waals surface area contributed by atoms with Crippen molar-refractivity contribution < 1.29 is 4.79 Å². The van der Waals surface area contributed by atoms with Crippen molar-refractivity contribution in [2.24, 2.45) is 5.73 Å². The van der Waals surface area contributed by atoms with Gasteiger partial charge in [-0.15, -0.1) is 12.4 Å². The number of nitrogens with zero attached hydrogens (tertiary/aromatic N) is 1. The first-order chi connectivity index (χ1) is 8.51. The molecule has 0 aliphatic carbocycles. The summed E-state index contributed by atoms with van der Waals surface area (Å²) in [5.74, 6) is -0.0221. The average Bonchev–Trinajstić information content (AvgIpc) is 2.28. The number of nitrogens with one attached hydrogen (secondary N) is 1. The zero-order chi connectivity index (χ0) is 13.5. The molecule has 0 bridgehead atoms. The zero-order valence-electron chi connectivity index (χ0n) is 11.2. The summed E-state index contributed by atoms with van der Waals surface area (Å²) in [6.07, 6.45) is 0.954. The van der Waals surface area contributed by atoms with Crippen LogP contribution in [0.4, 0.5) is 0 Å². The molecule has 0 saturated carbocycles. The van der Waals surface area contributed by atoms with Gasteiger partial charge in [-0.05, 0) is 38.0 Å². The number of benzene rings is 1. The van der Waals surface area contributed by atoms with Crippen LogP contribution < -0.4 is 11.1 Å². The Morgan fingerprint density at radius 2 is 1.95 bits per heavy atom. The van der Waals surface area contributed by atoms with Crippen molar-refractivity contribution in [1.82, 2.24) is 5.32 Å². The maximum Gasteiger partial charge on any atom is 0.221 e. The van der Waals surface area contributed by atoms with Crippen molar-refractivity contribution in [3.63, 3.8) is 0 Å². The van der Waals surface area contributed by atoms with Crippen molar-refractivity contribution >= 4 is 18.3 Å². The van der Waals surface area contributed by atoms with Crippen LogP contribution in [-0.4, -0.2) is 18.0 Å². The summed E-state index contributed by atoms with van der Waals surface area (Å²) in [4.78, 5) is 11.5. The van der Waals surface area contributed by atoms with E-state index in [9.17, 15) is 4.79 Å². The van der Waals surface area contributed by atoms with Gasteiger partial charge in [-0.1, -0.05) is 12.1 Å². The highest BCUT2D eigenvalue weighted by molar-refractivity contribution is 5.85. The number of hydrogen-bond donors (Lipinski definition) is 2. The van der Waals surface area contributed by atoms with Gasteiger partial charge in [0.05, 0.1) is 11.6 Å². The summed E-state index contributed by atoms with van der Waals surface area (Å²) in [6.45, 7) is 3.84. The van der Waals surface area contributed by atoms with Crippen LogP contribution in [0.3, 0.4) is 0 Å². The molecule has 0 unspecified atom stereocenters. The highest BCUT2D eigenvalue weighted by Gasteiger charge is 2.11. The fourth-order valence-corrected chi connectivity index (χ4v) is 1.71. The van der Waals surface area contributed by atoms with Crippen molar-refractivity contribution in [3.05, 3.63) is 35.4 Å². The third-order valence-electron chi connectivity index (χ3n) is 2.48. The zero-order valence-corrected chi connectivity index (χ0v) is 12.0. The molecule has 0 fully saturated rings. The number of amides is 1. The molecular weight excluding hydrogens is 262 g/mol. The minimum absolute atomic E-state index is 0. The van der Waals surface area contributed by atoms with Gasteiger partial charge in [0, 0.05) is 18.5 Å². The van der Waals surface area contributed by atoms with E-state index in [-0.39, 0.29) is 30.4 Å². The lowest BCUT2D eigenvalue weighted by Gasteiger charge is -2.13. The van der Waals surface area contributed by atoms with Crippen LogP contribution in [0.1, 0.15) is 31.4 Å². The van der Waals surface area contributed by atoms with Crippen LogP contribution in [-0.2, 0) is 11.2 Å². The molecule has 1 rings (SSSR count). The predicted molar refractivity (Wildman–Crippen MR) is 78.0 cm³/mol. The number of nitriles is 1. The van der Waals surface area contributed by atoms with Gasteiger partial charge < -0.3 is 11.1 Å². The van der Waals surface area contributed by atoms with E-state index in [1.165, 1.54) is 0 Å². The van der Waals surface area contributed by atoms with E-state index in [4.69, 9.17) is 11.0 Å². The summed E-state index contributed by atoms with van der Waals surface area (Å²) < 4.78 is 0. The molecule has 1 atom stereocenters. The Morgan fingerprint density at radius 1 is 1.37 bits per heavy atom. The highest BCUT2D eigenvalue weighted by atomic mass is 35.5. The molecule has 3 N–H and O–H groups in total. The van der Waals surface area contributed by atoms with Crippen LogP contribution in [0.15, 0.2) is 24.3 Å². The third kappa shape index (κ3) is 6.80. The lowest BCUT2D eigenvalue weighted by atomic mass is 10.0. The van der Waals surface area contributed by atoms with Crippen molar-refractivity contribution in [2.45, 2.75) is 38.8 Å². The Labute approximate surface area is 120 Å². The second kappa shape index (κ2) is 8.52. The molecule has 0 aromatic heterocycles. The van der Waals surface area contributed by atoms with Gasteiger partial charge in [0.25, 0.3) is 0 Å². The van der Waals surface area contributed by atoms with E-state index in [1.807, 2.05) is 26.0 Å². The predicted octanol–water partition coefficient (Wildman–Crippen LogP) is 1.76. The molecule has 4 nitrogen and oxygen atoms in total. The first-order valence-electron chi connectivity index (χ1n) is 6.05. The maximum atomic E-state index is 11.5. The Bertz CT molecular complexity index is 437. The summed E-state index contributed by atoms with van der Waals surface area (Å²) in [7, 11) is 0. The molecular formula is C14H20ClN3O. The van der Waals surface area contributed by atoms with Gasteiger partial charge in [-0.2, -0.15) is 5.26 Å². The largest absolute Gasteiger partial charge is 0.354 e. The maximum absolute atomic E-state index is 11.5. The third-order valence-corrected chi connectivity index (χ3v) is 2.48. The van der Waals surface area contributed by atoms with Crippen molar-refractivity contribution in [1.29, 1.82) is 5.26 Å². The summed E-state index contributed by atoms with van der Waals surface area (Å²) in [5, 5.41) is 11.5. The topological polar surface area (TPSA) is 78.9 Å². The molecule has 1 amide bonds. The number of carbonyl (C=O) groups excluding carboxylic acids is 1. The Hall–Kier alpha value is -1.57. The van der Waals surface area contributed by atoms with Crippen LogP contribution in [0.5, 0.6) is 0 Å². The molecule has 1 aromatic carbocycles. The van der Waals surface area contributed by atoms with E-state index in [0.29, 0.717) is 18.4 Å².